The van der Waals surface area contributed by atoms with E-state index in [1.54, 1.807) is 25.2 Å². The van der Waals surface area contributed by atoms with Crippen molar-refractivity contribution in [3.8, 4) is 0 Å². The summed E-state index contributed by atoms with van der Waals surface area (Å²) >= 11 is 6.43. The van der Waals surface area contributed by atoms with E-state index >= 15 is 0 Å². The predicted octanol–water partition coefficient (Wildman–Crippen LogP) is 3.62. The van der Waals surface area contributed by atoms with Crippen LogP contribution in [0.25, 0.3) is 0 Å². The second-order valence-corrected chi connectivity index (χ2v) is 9.26. The van der Waals surface area contributed by atoms with Gasteiger partial charge < -0.3 is 20.9 Å². The molecule has 3 amide bonds. The molecule has 1 aliphatic heterocycles. The molecule has 1 aromatic heterocycles. The summed E-state index contributed by atoms with van der Waals surface area (Å²) in [6.45, 7) is 1.81. The van der Waals surface area contributed by atoms with Crippen LogP contribution in [-0.2, 0) is 4.79 Å². The lowest BCUT2D eigenvalue weighted by atomic mass is 9.85. The number of halogens is 1. The number of hydrogen-bond donors (Lipinski definition) is 3. The van der Waals surface area contributed by atoms with Gasteiger partial charge in [-0.2, -0.15) is 0 Å². The normalized spacial score (nSPS) is 20.0. The number of amides is 3. The van der Waals surface area contributed by atoms with Crippen molar-refractivity contribution in [3.63, 3.8) is 0 Å². The van der Waals surface area contributed by atoms with Crippen molar-refractivity contribution in [2.24, 2.45) is 5.92 Å². The molecule has 180 valence electrons. The summed E-state index contributed by atoms with van der Waals surface area (Å²) < 4.78 is 0. The second kappa shape index (κ2) is 10.9. The monoisotopic (exact) mass is 483 g/mol. The summed E-state index contributed by atoms with van der Waals surface area (Å²) in [4.78, 5) is 43.6. The van der Waals surface area contributed by atoms with Crippen LogP contribution in [0, 0.1) is 5.92 Å². The summed E-state index contributed by atoms with van der Waals surface area (Å²) in [5.74, 6) is -0.507. The summed E-state index contributed by atoms with van der Waals surface area (Å²) in [5, 5.41) is 9.22. The van der Waals surface area contributed by atoms with E-state index in [4.69, 9.17) is 11.6 Å². The van der Waals surface area contributed by atoms with Crippen LogP contribution in [0.5, 0.6) is 0 Å². The van der Waals surface area contributed by atoms with Gasteiger partial charge >= 0.3 is 0 Å². The molecule has 0 atom stereocenters. The number of para-hydroxylation sites is 1. The van der Waals surface area contributed by atoms with E-state index in [0.717, 1.165) is 57.3 Å². The van der Waals surface area contributed by atoms with E-state index < -0.39 is 0 Å². The van der Waals surface area contributed by atoms with Gasteiger partial charge in [-0.15, -0.1) is 0 Å². The molecule has 1 saturated heterocycles. The molecule has 2 heterocycles. The highest BCUT2D eigenvalue weighted by Gasteiger charge is 2.27. The number of benzene rings is 1. The Morgan fingerprint density at radius 2 is 1.74 bits per heavy atom. The minimum atomic E-state index is -0.359. The zero-order chi connectivity index (χ0) is 24.1. The molecule has 2 fully saturated rings. The van der Waals surface area contributed by atoms with Gasteiger partial charge in [0.1, 0.15) is 5.69 Å². The molecule has 8 nitrogen and oxygen atoms in total. The number of carbonyl (C=O) groups is 3. The highest BCUT2D eigenvalue weighted by atomic mass is 35.5. The Balaban J connectivity index is 1.36. The van der Waals surface area contributed by atoms with Crippen LogP contribution in [0.15, 0.2) is 36.5 Å². The minimum absolute atomic E-state index is 0.0168. The van der Waals surface area contributed by atoms with Crippen LogP contribution in [0.2, 0.25) is 5.02 Å². The van der Waals surface area contributed by atoms with E-state index in [0.29, 0.717) is 16.3 Å². The maximum atomic E-state index is 12.8. The largest absolute Gasteiger partial charge is 0.369 e. The number of hydrogen-bond acceptors (Lipinski definition) is 5. The number of nitrogens with zero attached hydrogens (tertiary/aromatic N) is 2. The molecule has 1 saturated carbocycles. The highest BCUT2D eigenvalue weighted by Crippen LogP contribution is 2.36. The lowest BCUT2D eigenvalue weighted by Gasteiger charge is -2.28. The lowest BCUT2D eigenvalue weighted by molar-refractivity contribution is -0.125. The van der Waals surface area contributed by atoms with Gasteiger partial charge in [-0.3, -0.25) is 19.4 Å². The van der Waals surface area contributed by atoms with Gasteiger partial charge in [0.15, 0.2) is 0 Å². The molecule has 9 heteroatoms. The fraction of sp³-hybridized carbons (Fsp3) is 0.440. The Morgan fingerprint density at radius 1 is 1.00 bits per heavy atom. The number of anilines is 2. The van der Waals surface area contributed by atoms with Gasteiger partial charge in [0.2, 0.25) is 5.91 Å². The molecule has 2 aliphatic rings. The molecular weight excluding hydrogens is 454 g/mol. The number of rotatable bonds is 6. The fourth-order valence-corrected chi connectivity index (χ4v) is 4.99. The third-order valence-corrected chi connectivity index (χ3v) is 6.90. The van der Waals surface area contributed by atoms with Crippen LogP contribution < -0.4 is 20.9 Å². The number of pyridine rings is 1. The Labute approximate surface area is 204 Å². The summed E-state index contributed by atoms with van der Waals surface area (Å²) in [5.41, 5.74) is 2.09. The molecule has 0 unspecified atom stereocenters. The first-order chi connectivity index (χ1) is 16.5. The average molecular weight is 484 g/mol. The molecule has 0 radical (unpaired) electrons. The molecule has 0 bridgehead atoms. The zero-order valence-electron chi connectivity index (χ0n) is 19.3. The maximum absolute atomic E-state index is 12.8. The van der Waals surface area contributed by atoms with Gasteiger partial charge in [0.25, 0.3) is 11.8 Å². The van der Waals surface area contributed by atoms with Crippen molar-refractivity contribution in [1.82, 2.24) is 15.6 Å². The molecule has 2 aromatic rings. The van der Waals surface area contributed by atoms with E-state index in [2.05, 4.69) is 25.8 Å². The lowest BCUT2D eigenvalue weighted by Crippen LogP contribution is -2.40. The molecule has 1 aliphatic carbocycles. The number of carbonyl (C=O) groups excluding carboxylic acids is 3. The predicted molar refractivity (Wildman–Crippen MR) is 132 cm³/mol. The van der Waals surface area contributed by atoms with Crippen LogP contribution in [0.3, 0.4) is 0 Å². The van der Waals surface area contributed by atoms with Gasteiger partial charge in [0, 0.05) is 38.3 Å². The molecule has 1 aromatic carbocycles. The first-order valence-corrected chi connectivity index (χ1v) is 12.2. The van der Waals surface area contributed by atoms with Crippen LogP contribution >= 0.6 is 11.6 Å². The van der Waals surface area contributed by atoms with Gasteiger partial charge in [-0.05, 0) is 62.8 Å². The molecule has 34 heavy (non-hydrogen) atoms. The highest BCUT2D eigenvalue weighted by molar-refractivity contribution is 6.34. The Hall–Kier alpha value is -3.13. The first-order valence-electron chi connectivity index (χ1n) is 11.8. The standard InChI is InChI=1S/C25H30ClN5O3/c1-27-23(32)16-7-10-18(11-8-16)29-24(33)17-9-12-21(28-15-17)25(34)30-20-6-4-5-19(26)22(20)31-13-2-3-14-31/h4-6,9,12,15-16,18H,2-3,7-8,10-11,13-14H2,1H3,(H,27,32)(H,29,33)(H,30,34). The van der Waals surface area contributed by atoms with Crippen molar-refractivity contribution < 1.29 is 14.4 Å². The summed E-state index contributed by atoms with van der Waals surface area (Å²) in [6, 6.07) is 8.64. The first kappa shape index (κ1) is 24.0. The van der Waals surface area contributed by atoms with Crippen LogP contribution in [0.1, 0.15) is 59.4 Å². The molecule has 0 spiro atoms. The third-order valence-electron chi connectivity index (χ3n) is 6.60. The maximum Gasteiger partial charge on any atom is 0.274 e. The third kappa shape index (κ3) is 5.50. The van der Waals surface area contributed by atoms with Gasteiger partial charge in [-0.1, -0.05) is 17.7 Å². The zero-order valence-corrected chi connectivity index (χ0v) is 20.0. The summed E-state index contributed by atoms with van der Waals surface area (Å²) in [7, 11) is 1.65. The van der Waals surface area contributed by atoms with Gasteiger partial charge in [-0.25, -0.2) is 0 Å². The minimum Gasteiger partial charge on any atom is -0.369 e. The smallest absolute Gasteiger partial charge is 0.274 e. The van der Waals surface area contributed by atoms with Gasteiger partial charge in [0.05, 0.1) is 22.0 Å². The quantitative estimate of drug-likeness (QED) is 0.582. The molecule has 3 N–H and O–H groups in total. The van der Waals surface area contributed by atoms with Crippen molar-refractivity contribution in [2.45, 2.75) is 44.6 Å². The topological polar surface area (TPSA) is 103 Å². The van der Waals surface area contributed by atoms with Crippen LogP contribution in [0.4, 0.5) is 11.4 Å². The van der Waals surface area contributed by atoms with E-state index in [1.165, 1.54) is 6.20 Å². The van der Waals surface area contributed by atoms with E-state index in [9.17, 15) is 14.4 Å². The van der Waals surface area contributed by atoms with Crippen LogP contribution in [-0.4, -0.2) is 48.9 Å². The van der Waals surface area contributed by atoms with Crippen molar-refractivity contribution >= 4 is 40.7 Å². The SMILES string of the molecule is CNC(=O)C1CCC(NC(=O)c2ccc(C(=O)Nc3cccc(Cl)c3N3CCCC3)nc2)CC1. The fourth-order valence-electron chi connectivity index (χ4n) is 4.70. The Bertz CT molecular complexity index is 1050. The van der Waals surface area contributed by atoms with E-state index in [-0.39, 0.29) is 35.4 Å². The summed E-state index contributed by atoms with van der Waals surface area (Å²) in [6.07, 6.45) is 6.64. The van der Waals surface area contributed by atoms with E-state index in [1.807, 2.05) is 12.1 Å². The Kier molecular flexibility index (Phi) is 7.67. The number of aromatic nitrogens is 1. The van der Waals surface area contributed by atoms with Crippen molar-refractivity contribution in [2.75, 3.05) is 30.4 Å². The van der Waals surface area contributed by atoms with Crippen molar-refractivity contribution in [1.29, 1.82) is 0 Å². The average Bonchev–Trinajstić information content (AvgIpc) is 3.38. The molecule has 4 rings (SSSR count). The van der Waals surface area contributed by atoms with Crippen molar-refractivity contribution in [3.05, 3.63) is 52.8 Å². The number of nitrogens with one attached hydrogen (secondary N) is 3. The second-order valence-electron chi connectivity index (χ2n) is 8.85. The Morgan fingerprint density at radius 3 is 2.38 bits per heavy atom. The molecular formula is C25H30ClN5O3.